The van der Waals surface area contributed by atoms with Gasteiger partial charge in [0.25, 0.3) is 5.91 Å². The van der Waals surface area contributed by atoms with Crippen LogP contribution in [0.4, 0.5) is 5.13 Å². The third-order valence-corrected chi connectivity index (χ3v) is 6.41. The fourth-order valence-corrected chi connectivity index (χ4v) is 4.49. The van der Waals surface area contributed by atoms with Gasteiger partial charge in [0.2, 0.25) is 0 Å². The van der Waals surface area contributed by atoms with Crippen molar-refractivity contribution in [3.63, 3.8) is 0 Å². The molecular weight excluding hydrogens is 378 g/mol. The largest absolute Gasteiger partial charge is 0.299 e. The van der Waals surface area contributed by atoms with E-state index >= 15 is 0 Å². The second kappa shape index (κ2) is 9.33. The predicted octanol–water partition coefficient (Wildman–Crippen LogP) is 5.22. The van der Waals surface area contributed by atoms with E-state index in [1.54, 1.807) is 0 Å². The molecule has 1 saturated heterocycles. The first-order valence-electron chi connectivity index (χ1n) is 10.3. The van der Waals surface area contributed by atoms with Crippen molar-refractivity contribution in [2.75, 3.05) is 18.4 Å². The summed E-state index contributed by atoms with van der Waals surface area (Å²) < 4.78 is 0. The summed E-state index contributed by atoms with van der Waals surface area (Å²) >= 11 is 1.53. The molecule has 1 aromatic heterocycles. The lowest BCUT2D eigenvalue weighted by Gasteiger charge is -2.30. The Bertz CT molecular complexity index is 928. The lowest BCUT2D eigenvalue weighted by Crippen LogP contribution is -2.32. The number of nitrogens with one attached hydrogen (secondary N) is 1. The van der Waals surface area contributed by atoms with E-state index in [-0.39, 0.29) is 5.91 Å². The quantitative estimate of drug-likeness (QED) is 0.612. The van der Waals surface area contributed by atoms with Crippen LogP contribution in [0.5, 0.6) is 0 Å². The minimum Gasteiger partial charge on any atom is -0.299 e. The van der Waals surface area contributed by atoms with Gasteiger partial charge in [-0.2, -0.15) is 0 Å². The predicted molar refractivity (Wildman–Crippen MR) is 119 cm³/mol. The van der Waals surface area contributed by atoms with Crippen molar-refractivity contribution in [3.8, 4) is 0 Å². The van der Waals surface area contributed by atoms with E-state index < -0.39 is 0 Å². The highest BCUT2D eigenvalue weighted by molar-refractivity contribution is 7.15. The van der Waals surface area contributed by atoms with Crippen molar-refractivity contribution in [1.29, 1.82) is 0 Å². The van der Waals surface area contributed by atoms with Crippen molar-refractivity contribution < 1.29 is 4.79 Å². The van der Waals surface area contributed by atoms with Crippen LogP contribution in [0, 0.1) is 5.92 Å². The topological polar surface area (TPSA) is 45.2 Å². The van der Waals surface area contributed by atoms with Crippen LogP contribution >= 0.6 is 11.3 Å². The number of carbonyl (C=O) groups excluding carboxylic acids is 1. The Morgan fingerprint density at radius 1 is 1.07 bits per heavy atom. The van der Waals surface area contributed by atoms with Crippen LogP contribution in [0.3, 0.4) is 0 Å². The summed E-state index contributed by atoms with van der Waals surface area (Å²) in [4.78, 5) is 20.6. The van der Waals surface area contributed by atoms with E-state index in [0.29, 0.717) is 10.7 Å². The molecule has 150 valence electrons. The first kappa shape index (κ1) is 19.8. The average Bonchev–Trinajstić information content (AvgIpc) is 3.17. The van der Waals surface area contributed by atoms with Gasteiger partial charge in [0, 0.05) is 29.6 Å². The van der Waals surface area contributed by atoms with E-state index in [2.05, 4.69) is 46.4 Å². The van der Waals surface area contributed by atoms with Crippen LogP contribution in [0.1, 0.15) is 46.1 Å². The molecular formula is C24H27N3OS. The highest BCUT2D eigenvalue weighted by Gasteiger charge is 2.16. The van der Waals surface area contributed by atoms with Crippen LogP contribution in [-0.4, -0.2) is 28.9 Å². The molecule has 0 unspecified atom stereocenters. The molecule has 29 heavy (non-hydrogen) atoms. The number of nitrogens with zero attached hydrogens (tertiary/aromatic N) is 2. The third kappa shape index (κ3) is 5.52. The van der Waals surface area contributed by atoms with Gasteiger partial charge in [0.1, 0.15) is 0 Å². The monoisotopic (exact) mass is 405 g/mol. The average molecular weight is 406 g/mol. The first-order valence-corrected chi connectivity index (χ1v) is 11.1. The zero-order valence-electron chi connectivity index (χ0n) is 16.8. The Labute approximate surface area is 176 Å². The Kier molecular flexibility index (Phi) is 6.37. The number of likely N-dealkylation sites (tertiary alicyclic amines) is 1. The molecule has 1 N–H and O–H groups in total. The van der Waals surface area contributed by atoms with Gasteiger partial charge in [-0.3, -0.25) is 15.0 Å². The fraction of sp³-hybridized carbons (Fsp3) is 0.333. The number of hydrogen-bond donors (Lipinski definition) is 1. The van der Waals surface area contributed by atoms with Crippen LogP contribution in [0.25, 0.3) is 0 Å². The Morgan fingerprint density at radius 3 is 2.52 bits per heavy atom. The summed E-state index contributed by atoms with van der Waals surface area (Å²) in [5.41, 5.74) is 3.17. The second-order valence-corrected chi connectivity index (χ2v) is 9.02. The third-order valence-electron chi connectivity index (χ3n) is 5.49. The first-order chi connectivity index (χ1) is 14.2. The maximum absolute atomic E-state index is 12.6. The maximum Gasteiger partial charge on any atom is 0.257 e. The van der Waals surface area contributed by atoms with Crippen molar-refractivity contribution in [1.82, 2.24) is 9.88 Å². The number of thiazole rings is 1. The number of benzene rings is 2. The number of amides is 1. The molecule has 2 aromatic carbocycles. The molecule has 1 aliphatic heterocycles. The van der Waals surface area contributed by atoms with E-state index in [0.717, 1.165) is 23.8 Å². The number of hydrogen-bond acceptors (Lipinski definition) is 4. The van der Waals surface area contributed by atoms with Crippen LogP contribution < -0.4 is 5.32 Å². The number of piperidine rings is 1. The Hall–Kier alpha value is -2.50. The Balaban J connectivity index is 1.31. The SMILES string of the molecule is CC1CCN(Cc2ccc(C(=O)Nc3ncc(Cc4ccccc4)s3)cc2)CC1. The van der Waals surface area contributed by atoms with Crippen molar-refractivity contribution in [3.05, 3.63) is 82.4 Å². The van der Waals surface area contributed by atoms with Gasteiger partial charge in [0.15, 0.2) is 5.13 Å². The van der Waals surface area contributed by atoms with Gasteiger partial charge < -0.3 is 0 Å². The molecule has 3 aromatic rings. The zero-order chi connectivity index (χ0) is 20.1. The van der Waals surface area contributed by atoms with Crippen LogP contribution in [0.2, 0.25) is 0 Å². The summed E-state index contributed by atoms with van der Waals surface area (Å²) in [5.74, 6) is 0.736. The number of carbonyl (C=O) groups is 1. The second-order valence-electron chi connectivity index (χ2n) is 7.90. The molecule has 2 heterocycles. The molecule has 0 aliphatic carbocycles. The zero-order valence-corrected chi connectivity index (χ0v) is 17.6. The summed E-state index contributed by atoms with van der Waals surface area (Å²) in [6.45, 7) is 5.62. The summed E-state index contributed by atoms with van der Waals surface area (Å²) in [6, 6.07) is 18.2. The minimum absolute atomic E-state index is 0.107. The summed E-state index contributed by atoms with van der Waals surface area (Å²) in [7, 11) is 0. The molecule has 0 atom stereocenters. The normalized spacial score (nSPS) is 15.3. The molecule has 1 fully saturated rings. The van der Waals surface area contributed by atoms with E-state index in [1.165, 1.54) is 48.4 Å². The lowest BCUT2D eigenvalue weighted by molar-refractivity contribution is 0.102. The highest BCUT2D eigenvalue weighted by Crippen LogP contribution is 2.22. The molecule has 4 nitrogen and oxygen atoms in total. The van der Waals surface area contributed by atoms with E-state index in [9.17, 15) is 4.79 Å². The molecule has 0 bridgehead atoms. The van der Waals surface area contributed by atoms with Gasteiger partial charge in [0.05, 0.1) is 0 Å². The molecule has 5 heteroatoms. The number of anilines is 1. The van der Waals surface area contributed by atoms with Crippen molar-refractivity contribution >= 4 is 22.4 Å². The molecule has 0 spiro atoms. The summed E-state index contributed by atoms with van der Waals surface area (Å²) in [6.07, 6.45) is 5.23. The van der Waals surface area contributed by atoms with Crippen molar-refractivity contribution in [2.24, 2.45) is 5.92 Å². The van der Waals surface area contributed by atoms with Gasteiger partial charge in [-0.15, -0.1) is 11.3 Å². The molecule has 1 aliphatic rings. The Morgan fingerprint density at radius 2 is 1.79 bits per heavy atom. The van der Waals surface area contributed by atoms with Gasteiger partial charge >= 0.3 is 0 Å². The molecule has 0 saturated carbocycles. The van der Waals surface area contributed by atoms with Crippen LogP contribution in [0.15, 0.2) is 60.8 Å². The van der Waals surface area contributed by atoms with E-state index in [1.807, 2.05) is 36.5 Å². The standard InChI is InChI=1S/C24H27N3OS/c1-18-11-13-27(14-12-18)17-20-7-9-21(10-8-20)23(28)26-24-25-16-22(29-24)15-19-5-3-2-4-6-19/h2-10,16,18H,11-15,17H2,1H3,(H,25,26,28). The minimum atomic E-state index is -0.107. The van der Waals surface area contributed by atoms with Crippen LogP contribution in [-0.2, 0) is 13.0 Å². The number of rotatable bonds is 6. The molecule has 0 radical (unpaired) electrons. The molecule has 4 rings (SSSR count). The van der Waals surface area contributed by atoms with Gasteiger partial charge in [-0.05, 0) is 55.1 Å². The summed E-state index contributed by atoms with van der Waals surface area (Å²) in [5, 5.41) is 3.57. The van der Waals surface area contributed by atoms with Gasteiger partial charge in [-0.25, -0.2) is 4.98 Å². The number of aromatic nitrogens is 1. The lowest BCUT2D eigenvalue weighted by atomic mass is 9.99. The smallest absolute Gasteiger partial charge is 0.257 e. The molecule has 1 amide bonds. The fourth-order valence-electron chi connectivity index (χ4n) is 3.65. The van der Waals surface area contributed by atoms with Gasteiger partial charge in [-0.1, -0.05) is 49.4 Å². The van der Waals surface area contributed by atoms with E-state index in [4.69, 9.17) is 0 Å². The maximum atomic E-state index is 12.6. The highest BCUT2D eigenvalue weighted by atomic mass is 32.1. The van der Waals surface area contributed by atoms with Crippen molar-refractivity contribution in [2.45, 2.75) is 32.7 Å².